The molecule has 7 aromatic carbocycles. The molecule has 0 radical (unpaired) electrons. The predicted molar refractivity (Wildman–Crippen MR) is 243 cm³/mol. The molecule has 0 unspecified atom stereocenters. The van der Waals surface area contributed by atoms with Gasteiger partial charge in [0, 0.05) is 28.9 Å². The van der Waals surface area contributed by atoms with Crippen LogP contribution >= 0.6 is 0 Å². The zero-order valence-corrected chi connectivity index (χ0v) is 34.1. The lowest BCUT2D eigenvalue weighted by Gasteiger charge is -2.34. The quantitative estimate of drug-likeness (QED) is 0.122. The summed E-state index contributed by atoms with van der Waals surface area (Å²) in [5.74, 6) is 0. The second-order valence-corrected chi connectivity index (χ2v) is 17.0. The largest absolute Gasteiger partial charge is 0.310 e. The molecular formula is C54H50BN. The van der Waals surface area contributed by atoms with Crippen LogP contribution in [-0.4, -0.2) is 6.71 Å². The first-order valence-corrected chi connectivity index (χ1v) is 20.2. The maximum Gasteiger partial charge on any atom is 0.242 e. The van der Waals surface area contributed by atoms with Gasteiger partial charge in [0.2, 0.25) is 6.71 Å². The first kappa shape index (κ1) is 35.8. The van der Waals surface area contributed by atoms with E-state index in [2.05, 4.69) is 206 Å². The van der Waals surface area contributed by atoms with Crippen molar-refractivity contribution in [1.82, 2.24) is 0 Å². The highest BCUT2D eigenvalue weighted by molar-refractivity contribution is 6.96. The number of hydrogen-bond donors (Lipinski definition) is 0. The summed E-state index contributed by atoms with van der Waals surface area (Å²) < 4.78 is 0. The van der Waals surface area contributed by atoms with Crippen LogP contribution in [0, 0.1) is 41.5 Å². The summed E-state index contributed by atoms with van der Waals surface area (Å²) in [7, 11) is 0. The van der Waals surface area contributed by atoms with E-state index >= 15 is 0 Å². The predicted octanol–water partition coefficient (Wildman–Crippen LogP) is 11.9. The van der Waals surface area contributed by atoms with Crippen molar-refractivity contribution in [3.05, 3.63) is 200 Å². The van der Waals surface area contributed by atoms with Crippen LogP contribution in [0.3, 0.4) is 0 Å². The van der Waals surface area contributed by atoms with Gasteiger partial charge < -0.3 is 4.90 Å². The van der Waals surface area contributed by atoms with Crippen LogP contribution < -0.4 is 21.3 Å². The van der Waals surface area contributed by atoms with Crippen molar-refractivity contribution in [2.45, 2.75) is 67.2 Å². The molecule has 1 aliphatic carbocycles. The molecule has 9 rings (SSSR count). The molecule has 56 heavy (non-hydrogen) atoms. The zero-order chi connectivity index (χ0) is 38.9. The van der Waals surface area contributed by atoms with Crippen LogP contribution in [0.25, 0.3) is 23.3 Å². The molecule has 0 N–H and O–H groups in total. The van der Waals surface area contributed by atoms with Crippen molar-refractivity contribution in [3.8, 4) is 11.1 Å². The topological polar surface area (TPSA) is 3.24 Å². The van der Waals surface area contributed by atoms with Crippen molar-refractivity contribution < 1.29 is 0 Å². The SMILES string of the molecule is Cc1cc(C)c(B(c2ccc(C=Cc3ccc4c(c3)C(C)(C)c3cc(N5c6ccccc6Cc6ccccc65)ccc3-4)cc2)c2c(C)cc(C)cc2C)c(C)c1. The molecule has 274 valence electrons. The number of anilines is 3. The molecule has 1 nitrogen and oxygen atoms in total. The van der Waals surface area contributed by atoms with Crippen LogP contribution in [0.4, 0.5) is 17.1 Å². The van der Waals surface area contributed by atoms with Gasteiger partial charge in [-0.2, -0.15) is 0 Å². The molecule has 0 fully saturated rings. The molecule has 0 spiro atoms. The third-order valence-electron chi connectivity index (χ3n) is 12.6. The van der Waals surface area contributed by atoms with Crippen molar-refractivity contribution in [2.75, 3.05) is 4.90 Å². The maximum absolute atomic E-state index is 2.46. The molecule has 2 heteroatoms. The highest BCUT2D eigenvalue weighted by atomic mass is 15.2. The Morgan fingerprint density at radius 3 is 1.52 bits per heavy atom. The van der Waals surface area contributed by atoms with Crippen LogP contribution in [-0.2, 0) is 11.8 Å². The molecule has 0 bridgehead atoms. The van der Waals surface area contributed by atoms with E-state index < -0.39 is 0 Å². The van der Waals surface area contributed by atoms with E-state index in [-0.39, 0.29) is 12.1 Å². The van der Waals surface area contributed by atoms with Gasteiger partial charge in [-0.1, -0.05) is 185 Å². The Morgan fingerprint density at radius 2 is 0.964 bits per heavy atom. The molecular weight excluding hydrogens is 673 g/mol. The normalized spacial score (nSPS) is 13.7. The van der Waals surface area contributed by atoms with Crippen molar-refractivity contribution in [2.24, 2.45) is 0 Å². The minimum Gasteiger partial charge on any atom is -0.310 e. The van der Waals surface area contributed by atoms with Crippen LogP contribution in [0.5, 0.6) is 0 Å². The highest BCUT2D eigenvalue weighted by Gasteiger charge is 2.37. The molecule has 1 aliphatic heterocycles. The average Bonchev–Trinajstić information content (AvgIpc) is 3.39. The molecule has 2 aliphatic rings. The van der Waals surface area contributed by atoms with Crippen LogP contribution in [0.1, 0.15) is 80.6 Å². The van der Waals surface area contributed by atoms with Gasteiger partial charge in [0.15, 0.2) is 0 Å². The van der Waals surface area contributed by atoms with Crippen molar-refractivity contribution >= 4 is 52.3 Å². The Labute approximate surface area is 334 Å². The average molecular weight is 724 g/mol. The standard InChI is InChI=1S/C54H50BN/c1-34-27-36(3)52(37(4)28-34)55(53-38(5)29-35(2)30-39(53)6)44-22-19-40(20-23-44)17-18-41-21-25-46-47-26-24-45(33-49(47)54(7,8)48(46)31-41)56-50-15-11-9-13-42(50)32-43-14-10-12-16-51(43)56/h9-31,33H,32H2,1-8H3. The fourth-order valence-corrected chi connectivity index (χ4v) is 10.1. The Hall–Kier alpha value is -5.86. The van der Waals surface area contributed by atoms with Gasteiger partial charge in [-0.05, 0) is 110 Å². The Balaban J connectivity index is 1.02. The summed E-state index contributed by atoms with van der Waals surface area (Å²) in [4.78, 5) is 2.46. The molecule has 1 heterocycles. The lowest BCUT2D eigenvalue weighted by atomic mass is 9.34. The molecule has 0 saturated carbocycles. The van der Waals surface area contributed by atoms with Crippen LogP contribution in [0.15, 0.2) is 133 Å². The number of benzene rings is 7. The minimum absolute atomic E-state index is 0.130. The molecule has 0 saturated heterocycles. The zero-order valence-electron chi connectivity index (χ0n) is 34.1. The van der Waals surface area contributed by atoms with E-state index in [0.717, 1.165) is 6.42 Å². The van der Waals surface area contributed by atoms with Gasteiger partial charge in [-0.3, -0.25) is 0 Å². The molecule has 0 atom stereocenters. The summed E-state index contributed by atoms with van der Waals surface area (Å²) >= 11 is 0. The van der Waals surface area contributed by atoms with Crippen molar-refractivity contribution in [1.29, 1.82) is 0 Å². The molecule has 0 amide bonds. The summed E-state index contributed by atoms with van der Waals surface area (Å²) in [6.07, 6.45) is 5.51. The fraction of sp³-hybridized carbons (Fsp3) is 0.185. The summed E-state index contributed by atoms with van der Waals surface area (Å²) in [5, 5.41) is 0. The van der Waals surface area contributed by atoms with E-state index in [9.17, 15) is 0 Å². The third kappa shape index (κ3) is 6.04. The lowest BCUT2D eigenvalue weighted by Crippen LogP contribution is -2.55. The van der Waals surface area contributed by atoms with Gasteiger partial charge in [0.05, 0.1) is 0 Å². The van der Waals surface area contributed by atoms with E-state index in [1.165, 1.54) is 111 Å². The Bertz CT molecular complexity index is 2560. The second-order valence-electron chi connectivity index (χ2n) is 17.0. The molecule has 7 aromatic rings. The van der Waals surface area contributed by atoms with E-state index in [4.69, 9.17) is 0 Å². The van der Waals surface area contributed by atoms with Gasteiger partial charge in [-0.25, -0.2) is 0 Å². The number of rotatable bonds is 6. The van der Waals surface area contributed by atoms with Crippen LogP contribution in [0.2, 0.25) is 0 Å². The number of nitrogens with zero attached hydrogens (tertiary/aromatic N) is 1. The van der Waals surface area contributed by atoms with Gasteiger partial charge in [-0.15, -0.1) is 0 Å². The Kier molecular flexibility index (Phi) is 8.77. The number of aryl methyl sites for hydroxylation is 6. The number of para-hydroxylation sites is 2. The fourth-order valence-electron chi connectivity index (χ4n) is 10.1. The van der Waals surface area contributed by atoms with E-state index in [1.54, 1.807) is 0 Å². The summed E-state index contributed by atoms with van der Waals surface area (Å²) in [5.41, 5.74) is 26.5. The van der Waals surface area contributed by atoms with Gasteiger partial charge >= 0.3 is 0 Å². The number of hydrogen-bond acceptors (Lipinski definition) is 1. The summed E-state index contributed by atoms with van der Waals surface area (Å²) in [6, 6.07) is 50.5. The monoisotopic (exact) mass is 723 g/mol. The smallest absolute Gasteiger partial charge is 0.242 e. The first-order valence-electron chi connectivity index (χ1n) is 20.2. The third-order valence-corrected chi connectivity index (χ3v) is 12.6. The van der Waals surface area contributed by atoms with E-state index in [1.807, 2.05) is 0 Å². The lowest BCUT2D eigenvalue weighted by molar-refractivity contribution is 0.660. The molecule has 0 aromatic heterocycles. The Morgan fingerprint density at radius 1 is 0.500 bits per heavy atom. The first-order chi connectivity index (χ1) is 27.0. The minimum atomic E-state index is -0.130. The highest BCUT2D eigenvalue weighted by Crippen LogP contribution is 2.52. The number of fused-ring (bicyclic) bond motifs is 5. The van der Waals surface area contributed by atoms with Gasteiger partial charge in [0.1, 0.15) is 0 Å². The van der Waals surface area contributed by atoms with Crippen molar-refractivity contribution in [3.63, 3.8) is 0 Å². The summed E-state index contributed by atoms with van der Waals surface area (Å²) in [6.45, 7) is 18.5. The second kappa shape index (κ2) is 13.7. The van der Waals surface area contributed by atoms with Gasteiger partial charge in [0.25, 0.3) is 0 Å². The maximum atomic E-state index is 2.46. The van der Waals surface area contributed by atoms with E-state index in [0.29, 0.717) is 0 Å².